The molecule has 9 heteroatoms. The highest BCUT2D eigenvalue weighted by molar-refractivity contribution is 6.34. The average Bonchev–Trinajstić information content (AvgIpc) is 3.18. The number of carbonyl (C=O) groups excluding carboxylic acids is 1. The van der Waals surface area contributed by atoms with Crippen molar-refractivity contribution < 1.29 is 14.6 Å². The van der Waals surface area contributed by atoms with Gasteiger partial charge in [0.2, 0.25) is 0 Å². The van der Waals surface area contributed by atoms with E-state index in [9.17, 15) is 14.9 Å². The zero-order valence-electron chi connectivity index (χ0n) is 12.9. The highest BCUT2D eigenvalue weighted by Crippen LogP contribution is 2.22. The summed E-state index contributed by atoms with van der Waals surface area (Å²) in [4.78, 5) is 26.7. The maximum Gasteiger partial charge on any atom is 0.281 e. The second kappa shape index (κ2) is 7.14. The summed E-state index contributed by atoms with van der Waals surface area (Å²) in [5.74, 6) is -0.0273. The fraction of sp³-hybridized carbons (Fsp3) is 0.467. The highest BCUT2D eigenvalue weighted by atomic mass is 35.5. The maximum absolute atomic E-state index is 12.7. The highest BCUT2D eigenvalue weighted by Gasteiger charge is 2.36. The number of halogens is 1. The van der Waals surface area contributed by atoms with Crippen molar-refractivity contribution in [2.45, 2.75) is 6.42 Å². The van der Waals surface area contributed by atoms with Gasteiger partial charge in [0, 0.05) is 32.2 Å². The van der Waals surface area contributed by atoms with Gasteiger partial charge < -0.3 is 9.64 Å². The van der Waals surface area contributed by atoms with Crippen LogP contribution in [0.5, 0.6) is 0 Å². The number of carbonyl (C=O) groups is 1. The first-order valence-electron chi connectivity index (χ1n) is 7.68. The number of guanidine groups is 1. The van der Waals surface area contributed by atoms with E-state index in [4.69, 9.17) is 16.3 Å². The van der Waals surface area contributed by atoms with Crippen LogP contribution >= 0.6 is 11.6 Å². The van der Waals surface area contributed by atoms with Crippen LogP contribution in [0.15, 0.2) is 29.4 Å². The summed E-state index contributed by atoms with van der Waals surface area (Å²) < 4.78 is 5.34. The Morgan fingerprint density at radius 2 is 2.21 bits per heavy atom. The van der Waals surface area contributed by atoms with Crippen molar-refractivity contribution in [2.24, 2.45) is 11.0 Å². The van der Waals surface area contributed by atoms with Crippen LogP contribution in [0.25, 0.3) is 0 Å². The maximum atomic E-state index is 12.7. The van der Waals surface area contributed by atoms with Crippen molar-refractivity contribution in [3.8, 4) is 0 Å². The Bertz CT molecular complexity index is 675. The Kier molecular flexibility index (Phi) is 4.96. The van der Waals surface area contributed by atoms with E-state index < -0.39 is 5.03 Å². The second-order valence-corrected chi connectivity index (χ2v) is 6.16. The van der Waals surface area contributed by atoms with Gasteiger partial charge in [-0.25, -0.2) is 10.1 Å². The smallest absolute Gasteiger partial charge is 0.281 e. The van der Waals surface area contributed by atoms with Crippen molar-refractivity contribution in [1.29, 1.82) is 0 Å². The number of hydrogen-bond donors (Lipinski definition) is 0. The van der Waals surface area contributed by atoms with E-state index in [2.05, 4.69) is 5.10 Å². The van der Waals surface area contributed by atoms with Crippen LogP contribution in [-0.4, -0.2) is 59.5 Å². The summed E-state index contributed by atoms with van der Waals surface area (Å²) >= 11 is 6.07. The fourth-order valence-electron chi connectivity index (χ4n) is 2.97. The molecular formula is C15H17ClN4O4. The molecule has 2 saturated heterocycles. The lowest BCUT2D eigenvalue weighted by molar-refractivity contribution is -0.486. The molecule has 1 atom stereocenters. The Morgan fingerprint density at radius 1 is 1.42 bits per heavy atom. The topological polar surface area (TPSA) is 88.3 Å². The lowest BCUT2D eigenvalue weighted by Crippen LogP contribution is -2.40. The molecule has 0 saturated carbocycles. The van der Waals surface area contributed by atoms with E-state index in [1.807, 2.05) is 0 Å². The molecule has 1 unspecified atom stereocenters. The fourth-order valence-corrected chi connectivity index (χ4v) is 3.18. The summed E-state index contributed by atoms with van der Waals surface area (Å²) in [6.45, 7) is 2.74. The molecule has 3 rings (SSSR count). The largest absolute Gasteiger partial charge is 0.381 e. The minimum Gasteiger partial charge on any atom is -0.381 e. The number of benzene rings is 1. The molecule has 0 N–H and O–H groups in total. The molecule has 2 aliphatic heterocycles. The minimum absolute atomic E-state index is 0.0665. The van der Waals surface area contributed by atoms with E-state index >= 15 is 0 Å². The van der Waals surface area contributed by atoms with Gasteiger partial charge in [-0.1, -0.05) is 23.7 Å². The molecule has 2 fully saturated rings. The van der Waals surface area contributed by atoms with Crippen LogP contribution in [0.4, 0.5) is 0 Å². The van der Waals surface area contributed by atoms with Gasteiger partial charge in [-0.05, 0) is 18.6 Å². The van der Waals surface area contributed by atoms with Crippen LogP contribution in [0.2, 0.25) is 5.02 Å². The number of amides is 1. The molecule has 0 radical (unpaired) electrons. The molecular weight excluding hydrogens is 336 g/mol. The third-order valence-corrected chi connectivity index (χ3v) is 4.47. The zero-order chi connectivity index (χ0) is 17.1. The molecule has 0 aliphatic carbocycles. The number of nitro groups is 1. The van der Waals surface area contributed by atoms with E-state index in [0.717, 1.165) is 6.42 Å². The summed E-state index contributed by atoms with van der Waals surface area (Å²) in [5, 5.41) is 13.9. The quantitative estimate of drug-likeness (QED) is 0.607. The predicted molar refractivity (Wildman–Crippen MR) is 87.4 cm³/mol. The van der Waals surface area contributed by atoms with Gasteiger partial charge in [-0.3, -0.25) is 9.69 Å². The molecule has 128 valence electrons. The van der Waals surface area contributed by atoms with Crippen molar-refractivity contribution in [2.75, 3.05) is 32.8 Å². The molecule has 2 aliphatic rings. The van der Waals surface area contributed by atoms with Gasteiger partial charge >= 0.3 is 0 Å². The lowest BCUT2D eigenvalue weighted by atomic mass is 10.1. The number of rotatable bonds is 4. The summed E-state index contributed by atoms with van der Waals surface area (Å²) in [6, 6.07) is 6.64. The van der Waals surface area contributed by atoms with Crippen LogP contribution in [0, 0.1) is 16.0 Å². The van der Waals surface area contributed by atoms with Crippen LogP contribution in [0.3, 0.4) is 0 Å². The van der Waals surface area contributed by atoms with Gasteiger partial charge in [0.25, 0.3) is 11.9 Å². The van der Waals surface area contributed by atoms with E-state index in [1.165, 1.54) is 4.90 Å². The van der Waals surface area contributed by atoms with Crippen molar-refractivity contribution in [3.05, 3.63) is 45.0 Å². The van der Waals surface area contributed by atoms with Crippen molar-refractivity contribution in [3.63, 3.8) is 0 Å². The normalized spacial score (nSPS) is 22.4. The molecule has 1 aromatic carbocycles. The van der Waals surface area contributed by atoms with Crippen molar-refractivity contribution in [1.82, 2.24) is 9.80 Å². The third kappa shape index (κ3) is 3.49. The lowest BCUT2D eigenvalue weighted by Gasteiger charge is -2.22. The van der Waals surface area contributed by atoms with Gasteiger partial charge in [0.15, 0.2) is 5.03 Å². The molecule has 2 heterocycles. The van der Waals surface area contributed by atoms with Gasteiger partial charge in [-0.2, -0.15) is 0 Å². The van der Waals surface area contributed by atoms with E-state index in [0.29, 0.717) is 43.4 Å². The molecule has 1 aromatic rings. The monoisotopic (exact) mass is 352 g/mol. The minimum atomic E-state index is -0.772. The first-order chi connectivity index (χ1) is 11.6. The van der Waals surface area contributed by atoms with E-state index in [-0.39, 0.29) is 17.8 Å². The predicted octanol–water partition coefficient (Wildman–Crippen LogP) is 1.68. The molecule has 0 aromatic heterocycles. The Hall–Kier alpha value is -2.19. The van der Waals surface area contributed by atoms with Gasteiger partial charge in [0.05, 0.1) is 17.2 Å². The number of nitrogens with zero attached hydrogens (tertiary/aromatic N) is 4. The van der Waals surface area contributed by atoms with Crippen LogP contribution < -0.4 is 0 Å². The van der Waals surface area contributed by atoms with Gasteiger partial charge in [0.1, 0.15) is 5.10 Å². The zero-order valence-corrected chi connectivity index (χ0v) is 13.7. The Labute approximate surface area is 143 Å². The Balaban J connectivity index is 1.83. The Morgan fingerprint density at radius 3 is 2.88 bits per heavy atom. The summed E-state index contributed by atoms with van der Waals surface area (Å²) in [5.41, 5.74) is 0.307. The van der Waals surface area contributed by atoms with Crippen LogP contribution in [-0.2, 0) is 4.74 Å². The summed E-state index contributed by atoms with van der Waals surface area (Å²) in [6.07, 6.45) is 0.903. The van der Waals surface area contributed by atoms with Crippen molar-refractivity contribution >= 4 is 23.5 Å². The molecule has 1 amide bonds. The standard InChI is InChI=1S/C15H17ClN4O4/c16-13-4-2-1-3-12(13)14(21)19-7-6-18(15(19)17-20(22)23)9-11-5-8-24-10-11/h1-4,11H,5-10H2. The second-order valence-electron chi connectivity index (χ2n) is 5.75. The van der Waals surface area contributed by atoms with E-state index in [1.54, 1.807) is 29.2 Å². The molecule has 8 nitrogen and oxygen atoms in total. The average molecular weight is 353 g/mol. The SMILES string of the molecule is O=C(c1ccccc1Cl)N1CCN(CC2CCOC2)C1=N[N+](=O)[O-]. The first-order valence-corrected chi connectivity index (χ1v) is 8.06. The molecule has 0 spiro atoms. The number of hydrazone groups is 1. The van der Waals surface area contributed by atoms with Crippen LogP contribution in [0.1, 0.15) is 16.8 Å². The number of ether oxygens (including phenoxy) is 1. The number of hydrogen-bond acceptors (Lipinski definition) is 4. The first kappa shape index (κ1) is 16.7. The third-order valence-electron chi connectivity index (χ3n) is 4.14. The molecule has 24 heavy (non-hydrogen) atoms. The summed E-state index contributed by atoms with van der Waals surface area (Å²) in [7, 11) is 0. The molecule has 0 bridgehead atoms. The van der Waals surface area contributed by atoms with Gasteiger partial charge in [-0.15, -0.1) is 0 Å².